The van der Waals surface area contributed by atoms with E-state index in [-0.39, 0.29) is 5.54 Å². The van der Waals surface area contributed by atoms with Crippen LogP contribution in [0.3, 0.4) is 0 Å². The molecule has 1 fully saturated rings. The molecule has 1 aromatic carbocycles. The van der Waals surface area contributed by atoms with E-state index in [1.807, 2.05) is 0 Å². The van der Waals surface area contributed by atoms with Crippen LogP contribution >= 0.6 is 0 Å². The summed E-state index contributed by atoms with van der Waals surface area (Å²) >= 11 is 0. The molecule has 0 aromatic heterocycles. The van der Waals surface area contributed by atoms with Crippen molar-refractivity contribution >= 4 is 5.91 Å². The highest BCUT2D eigenvalue weighted by atomic mass is 16.5. The maximum atomic E-state index is 12.3. The number of carbonyl (C=O) groups is 1. The summed E-state index contributed by atoms with van der Waals surface area (Å²) < 4.78 is 10.9. The van der Waals surface area contributed by atoms with Gasteiger partial charge in [0.05, 0.1) is 19.8 Å². The van der Waals surface area contributed by atoms with Gasteiger partial charge in [-0.15, -0.1) is 0 Å². The molecule has 22 heavy (non-hydrogen) atoms. The van der Waals surface area contributed by atoms with Gasteiger partial charge in [-0.2, -0.15) is 0 Å². The number of nitrogens with zero attached hydrogens (tertiary/aromatic N) is 1. The summed E-state index contributed by atoms with van der Waals surface area (Å²) in [5.41, 5.74) is 2.45. The Hall–Kier alpha value is -1.71. The summed E-state index contributed by atoms with van der Waals surface area (Å²) in [6.07, 6.45) is 5.81. The standard InChI is InChI=1S/C18H25NO3/c1-4-5-8-18-9-6-17(20)19(18)10-7-13-11-15(21-2)16(22-3)12-14(13)18/h11-12H,4-10H2,1-3H3. The molecule has 4 heteroatoms. The van der Waals surface area contributed by atoms with Crippen LogP contribution in [0.25, 0.3) is 0 Å². The van der Waals surface area contributed by atoms with Gasteiger partial charge in [0.25, 0.3) is 0 Å². The van der Waals surface area contributed by atoms with Gasteiger partial charge >= 0.3 is 0 Å². The Bertz CT molecular complexity index is 584. The predicted octanol–water partition coefficient (Wildman–Crippen LogP) is 3.27. The lowest BCUT2D eigenvalue weighted by molar-refractivity contribution is -0.132. The first-order chi connectivity index (χ1) is 10.7. The van der Waals surface area contributed by atoms with Crippen LogP contribution in [-0.2, 0) is 16.8 Å². The SMILES string of the molecule is CCCCC12CCC(=O)N1CCc1cc(OC)c(OC)cc12. The van der Waals surface area contributed by atoms with E-state index >= 15 is 0 Å². The Morgan fingerprint density at radius 2 is 1.91 bits per heavy atom. The second-order valence-corrected chi connectivity index (χ2v) is 6.29. The number of carbonyl (C=O) groups excluding carboxylic acids is 1. The fourth-order valence-electron chi connectivity index (χ4n) is 4.10. The number of hydrogen-bond acceptors (Lipinski definition) is 3. The number of ether oxygens (including phenoxy) is 2. The van der Waals surface area contributed by atoms with E-state index < -0.39 is 0 Å². The molecule has 3 rings (SSSR count). The maximum absolute atomic E-state index is 12.3. The van der Waals surface area contributed by atoms with Gasteiger partial charge in [0.15, 0.2) is 11.5 Å². The van der Waals surface area contributed by atoms with E-state index in [1.165, 1.54) is 11.1 Å². The van der Waals surface area contributed by atoms with Crippen LogP contribution in [0.1, 0.15) is 50.2 Å². The predicted molar refractivity (Wildman–Crippen MR) is 85.4 cm³/mol. The maximum Gasteiger partial charge on any atom is 0.223 e. The summed E-state index contributed by atoms with van der Waals surface area (Å²) in [6.45, 7) is 3.03. The fraction of sp³-hybridized carbons (Fsp3) is 0.611. The van der Waals surface area contributed by atoms with Crippen LogP contribution in [0.15, 0.2) is 12.1 Å². The summed E-state index contributed by atoms with van der Waals surface area (Å²) in [6, 6.07) is 4.20. The average molecular weight is 303 g/mol. The Morgan fingerprint density at radius 3 is 2.59 bits per heavy atom. The molecule has 0 saturated carbocycles. The molecule has 0 bridgehead atoms. The minimum atomic E-state index is -0.125. The van der Waals surface area contributed by atoms with Crippen LogP contribution in [0.4, 0.5) is 0 Å². The quantitative estimate of drug-likeness (QED) is 0.838. The number of amides is 1. The van der Waals surface area contributed by atoms with E-state index in [4.69, 9.17) is 9.47 Å². The van der Waals surface area contributed by atoms with Crippen LogP contribution in [0.2, 0.25) is 0 Å². The first kappa shape index (κ1) is 15.2. The molecule has 120 valence electrons. The van der Waals surface area contributed by atoms with Crippen LogP contribution < -0.4 is 9.47 Å². The molecule has 1 atom stereocenters. The van der Waals surface area contributed by atoms with Gasteiger partial charge in [-0.1, -0.05) is 19.8 Å². The van der Waals surface area contributed by atoms with E-state index in [0.29, 0.717) is 12.3 Å². The minimum Gasteiger partial charge on any atom is -0.493 e. The fourth-order valence-corrected chi connectivity index (χ4v) is 4.10. The molecule has 1 aromatic rings. The number of rotatable bonds is 5. The molecule has 1 amide bonds. The zero-order valence-electron chi connectivity index (χ0n) is 13.8. The first-order valence-electron chi connectivity index (χ1n) is 8.22. The molecule has 0 spiro atoms. The minimum absolute atomic E-state index is 0.125. The molecule has 2 aliphatic rings. The molecule has 0 radical (unpaired) electrons. The third-order valence-electron chi connectivity index (χ3n) is 5.23. The van der Waals surface area contributed by atoms with Crippen molar-refractivity contribution in [2.75, 3.05) is 20.8 Å². The smallest absolute Gasteiger partial charge is 0.223 e. The number of hydrogen-bond donors (Lipinski definition) is 0. The molecular weight excluding hydrogens is 278 g/mol. The Balaban J connectivity index is 2.12. The van der Waals surface area contributed by atoms with E-state index in [2.05, 4.69) is 24.0 Å². The zero-order chi connectivity index (χ0) is 15.7. The average Bonchev–Trinajstić information content (AvgIpc) is 2.89. The Morgan fingerprint density at radius 1 is 1.18 bits per heavy atom. The third kappa shape index (κ3) is 2.16. The largest absolute Gasteiger partial charge is 0.493 e. The second-order valence-electron chi connectivity index (χ2n) is 6.29. The molecular formula is C18H25NO3. The number of methoxy groups -OCH3 is 2. The molecule has 1 unspecified atom stereocenters. The Labute approximate surface area is 132 Å². The highest BCUT2D eigenvalue weighted by molar-refractivity contribution is 5.81. The molecule has 0 N–H and O–H groups in total. The molecule has 1 saturated heterocycles. The van der Waals surface area contributed by atoms with Crippen molar-refractivity contribution in [1.82, 2.24) is 4.90 Å². The van der Waals surface area contributed by atoms with Crippen LogP contribution in [-0.4, -0.2) is 31.6 Å². The van der Waals surface area contributed by atoms with E-state index in [9.17, 15) is 4.79 Å². The highest BCUT2D eigenvalue weighted by Gasteiger charge is 2.49. The molecule has 2 aliphatic heterocycles. The lowest BCUT2D eigenvalue weighted by atomic mass is 9.77. The van der Waals surface area contributed by atoms with Gasteiger partial charge in [0, 0.05) is 13.0 Å². The van der Waals surface area contributed by atoms with Gasteiger partial charge in [0.2, 0.25) is 5.91 Å². The van der Waals surface area contributed by atoms with Crippen molar-refractivity contribution in [3.63, 3.8) is 0 Å². The van der Waals surface area contributed by atoms with Crippen molar-refractivity contribution in [2.24, 2.45) is 0 Å². The molecule has 0 aliphatic carbocycles. The summed E-state index contributed by atoms with van der Waals surface area (Å²) in [4.78, 5) is 14.5. The molecule has 4 nitrogen and oxygen atoms in total. The normalized spacial score (nSPS) is 23.2. The van der Waals surface area contributed by atoms with Gasteiger partial charge in [-0.05, 0) is 42.5 Å². The van der Waals surface area contributed by atoms with E-state index in [1.54, 1.807) is 14.2 Å². The third-order valence-corrected chi connectivity index (χ3v) is 5.23. The topological polar surface area (TPSA) is 38.8 Å². The highest BCUT2D eigenvalue weighted by Crippen LogP contribution is 2.49. The lowest BCUT2D eigenvalue weighted by Gasteiger charge is -2.44. The Kier molecular flexibility index (Phi) is 4.02. The molecule has 2 heterocycles. The van der Waals surface area contributed by atoms with E-state index in [0.717, 1.165) is 50.1 Å². The summed E-state index contributed by atoms with van der Waals surface area (Å²) in [7, 11) is 3.34. The monoisotopic (exact) mass is 303 g/mol. The first-order valence-corrected chi connectivity index (χ1v) is 8.22. The van der Waals surface area contributed by atoms with Gasteiger partial charge in [-0.3, -0.25) is 4.79 Å². The number of fused-ring (bicyclic) bond motifs is 3. The van der Waals surface area contributed by atoms with Crippen molar-refractivity contribution < 1.29 is 14.3 Å². The summed E-state index contributed by atoms with van der Waals surface area (Å²) in [5.74, 6) is 1.85. The number of benzene rings is 1. The van der Waals surface area contributed by atoms with Crippen molar-refractivity contribution in [1.29, 1.82) is 0 Å². The summed E-state index contributed by atoms with van der Waals surface area (Å²) in [5, 5.41) is 0. The number of unbranched alkanes of at least 4 members (excludes halogenated alkanes) is 1. The zero-order valence-corrected chi connectivity index (χ0v) is 13.8. The van der Waals surface area contributed by atoms with Crippen LogP contribution in [0.5, 0.6) is 11.5 Å². The van der Waals surface area contributed by atoms with Gasteiger partial charge < -0.3 is 14.4 Å². The van der Waals surface area contributed by atoms with Gasteiger partial charge in [0.1, 0.15) is 0 Å². The van der Waals surface area contributed by atoms with Crippen molar-refractivity contribution in [3.8, 4) is 11.5 Å². The lowest BCUT2D eigenvalue weighted by Crippen LogP contribution is -2.48. The van der Waals surface area contributed by atoms with Crippen molar-refractivity contribution in [2.45, 2.75) is 51.0 Å². The van der Waals surface area contributed by atoms with Crippen LogP contribution in [0, 0.1) is 0 Å². The second kappa shape index (κ2) is 5.82. The van der Waals surface area contributed by atoms with Crippen molar-refractivity contribution in [3.05, 3.63) is 23.3 Å². The van der Waals surface area contributed by atoms with Gasteiger partial charge in [-0.25, -0.2) is 0 Å².